The second-order valence-electron chi connectivity index (χ2n) is 8.16. The first-order valence-electron chi connectivity index (χ1n) is 11.3. The van der Waals surface area contributed by atoms with Crippen LogP contribution in [-0.4, -0.2) is 33.1 Å². The summed E-state index contributed by atoms with van der Waals surface area (Å²) >= 11 is 0. The number of ether oxygens (including phenoxy) is 1. The molecule has 0 unspecified atom stereocenters. The van der Waals surface area contributed by atoms with E-state index in [1.54, 1.807) is 6.20 Å². The Morgan fingerprint density at radius 3 is 2.76 bits per heavy atom. The fourth-order valence-electron chi connectivity index (χ4n) is 4.13. The Morgan fingerprint density at radius 1 is 1.00 bits per heavy atom. The van der Waals surface area contributed by atoms with Crippen LogP contribution >= 0.6 is 0 Å². The summed E-state index contributed by atoms with van der Waals surface area (Å²) in [6.45, 7) is 7.61. The van der Waals surface area contributed by atoms with Crippen molar-refractivity contribution in [3.05, 3.63) is 71.7 Å². The summed E-state index contributed by atoms with van der Waals surface area (Å²) in [5.74, 6) is 2.25. The number of aromatic amines is 2. The number of aryl methyl sites for hydroxylation is 2. The van der Waals surface area contributed by atoms with Crippen LogP contribution in [0.3, 0.4) is 0 Å². The van der Waals surface area contributed by atoms with Crippen LogP contribution in [0.25, 0.3) is 21.8 Å². The molecule has 5 aromatic rings. The molecule has 7 heteroatoms. The van der Waals surface area contributed by atoms with Crippen LogP contribution in [0.1, 0.15) is 23.7 Å². The molecule has 0 aliphatic carbocycles. The minimum Gasteiger partial charge on any atom is -0.494 e. The number of hydrogen-bond donors (Lipinski definition) is 4. The van der Waals surface area contributed by atoms with E-state index in [9.17, 15) is 0 Å². The molecule has 0 bridgehead atoms. The van der Waals surface area contributed by atoms with E-state index in [-0.39, 0.29) is 0 Å². The quantitative estimate of drug-likeness (QED) is 0.243. The molecule has 0 saturated carbocycles. The van der Waals surface area contributed by atoms with Crippen LogP contribution in [0.15, 0.2) is 54.9 Å². The average molecular weight is 441 g/mol. The molecule has 0 spiro atoms. The molecule has 168 valence electrons. The summed E-state index contributed by atoms with van der Waals surface area (Å²) in [5, 5.41) is 9.14. The molecule has 4 N–H and O–H groups in total. The molecule has 0 aliphatic heterocycles. The van der Waals surface area contributed by atoms with Gasteiger partial charge in [-0.05, 0) is 80.8 Å². The highest BCUT2D eigenvalue weighted by Crippen LogP contribution is 2.26. The van der Waals surface area contributed by atoms with Crippen molar-refractivity contribution in [2.45, 2.75) is 27.2 Å². The number of aromatic nitrogens is 4. The Bertz CT molecular complexity index is 1420. The first-order chi connectivity index (χ1) is 16.1. The third-order valence-electron chi connectivity index (χ3n) is 5.96. The van der Waals surface area contributed by atoms with Crippen LogP contribution in [0, 0.1) is 13.8 Å². The number of rotatable bonds is 8. The van der Waals surface area contributed by atoms with E-state index in [4.69, 9.17) is 4.74 Å². The predicted octanol–water partition coefficient (Wildman–Crippen LogP) is 5.85. The summed E-state index contributed by atoms with van der Waals surface area (Å²) in [6, 6.07) is 14.3. The van der Waals surface area contributed by atoms with Crippen molar-refractivity contribution in [3.63, 3.8) is 0 Å². The van der Waals surface area contributed by atoms with Crippen LogP contribution in [0.2, 0.25) is 0 Å². The van der Waals surface area contributed by atoms with Crippen molar-refractivity contribution in [2.24, 2.45) is 0 Å². The van der Waals surface area contributed by atoms with E-state index in [2.05, 4.69) is 80.9 Å². The zero-order valence-corrected chi connectivity index (χ0v) is 19.1. The van der Waals surface area contributed by atoms with Gasteiger partial charge in [0.05, 0.1) is 6.61 Å². The molecule has 0 atom stereocenters. The van der Waals surface area contributed by atoms with Gasteiger partial charge in [0, 0.05) is 52.1 Å². The molecule has 2 aromatic carbocycles. The van der Waals surface area contributed by atoms with Gasteiger partial charge < -0.3 is 25.3 Å². The molecule has 0 amide bonds. The van der Waals surface area contributed by atoms with Crippen molar-refractivity contribution in [2.75, 3.05) is 23.8 Å². The third-order valence-corrected chi connectivity index (χ3v) is 5.96. The third kappa shape index (κ3) is 4.35. The van der Waals surface area contributed by atoms with Crippen LogP contribution < -0.4 is 15.4 Å². The number of fused-ring (bicyclic) bond motifs is 2. The van der Waals surface area contributed by atoms with Gasteiger partial charge in [-0.15, -0.1) is 0 Å². The molecule has 0 aliphatic rings. The van der Waals surface area contributed by atoms with Gasteiger partial charge in [0.25, 0.3) is 0 Å². The van der Waals surface area contributed by atoms with Gasteiger partial charge in [0.1, 0.15) is 11.6 Å². The SMILES string of the molecule is CCOc1ccc2[nH]cc(CCNc3nccc(Nc4ccc5[nH]c(C)c(C)c5c4)n3)c2c1. The van der Waals surface area contributed by atoms with Gasteiger partial charge in [-0.3, -0.25) is 0 Å². The lowest BCUT2D eigenvalue weighted by Crippen LogP contribution is -2.08. The van der Waals surface area contributed by atoms with Crippen LogP contribution in [0.4, 0.5) is 17.5 Å². The van der Waals surface area contributed by atoms with Crippen molar-refractivity contribution < 1.29 is 4.74 Å². The number of H-pyrrole nitrogens is 2. The van der Waals surface area contributed by atoms with E-state index in [1.165, 1.54) is 27.6 Å². The van der Waals surface area contributed by atoms with E-state index < -0.39 is 0 Å². The molecule has 7 nitrogen and oxygen atoms in total. The molecule has 3 heterocycles. The molecule has 5 rings (SSSR count). The van der Waals surface area contributed by atoms with Gasteiger partial charge in [0.15, 0.2) is 0 Å². The second kappa shape index (κ2) is 8.86. The van der Waals surface area contributed by atoms with E-state index in [1.807, 2.05) is 19.1 Å². The highest BCUT2D eigenvalue weighted by atomic mass is 16.5. The molecule has 0 saturated heterocycles. The summed E-state index contributed by atoms with van der Waals surface area (Å²) < 4.78 is 5.65. The Kier molecular flexibility index (Phi) is 5.60. The van der Waals surface area contributed by atoms with Crippen molar-refractivity contribution in [1.82, 2.24) is 19.9 Å². The van der Waals surface area contributed by atoms with Gasteiger partial charge in [-0.25, -0.2) is 4.98 Å². The molecular weight excluding hydrogens is 412 g/mol. The Labute approximate surface area is 192 Å². The number of nitrogens with zero attached hydrogens (tertiary/aromatic N) is 2. The monoisotopic (exact) mass is 440 g/mol. The smallest absolute Gasteiger partial charge is 0.224 e. The Balaban J connectivity index is 1.25. The summed E-state index contributed by atoms with van der Waals surface area (Å²) in [5.41, 5.74) is 6.95. The second-order valence-corrected chi connectivity index (χ2v) is 8.16. The van der Waals surface area contributed by atoms with E-state index in [0.29, 0.717) is 12.6 Å². The zero-order chi connectivity index (χ0) is 22.8. The molecular formula is C26H28N6O. The Morgan fingerprint density at radius 2 is 1.88 bits per heavy atom. The molecule has 3 aromatic heterocycles. The topological polar surface area (TPSA) is 90.6 Å². The normalized spacial score (nSPS) is 11.2. The molecule has 0 fully saturated rings. The predicted molar refractivity (Wildman–Crippen MR) is 135 cm³/mol. The molecule has 0 radical (unpaired) electrons. The number of hydrogen-bond acceptors (Lipinski definition) is 5. The van der Waals surface area contributed by atoms with Gasteiger partial charge in [-0.2, -0.15) is 4.98 Å². The standard InChI is InChI=1S/C26H28N6O/c1-4-33-20-6-8-23-22(14-20)18(15-29-23)9-11-27-26-28-12-10-25(32-26)31-19-5-7-24-21(13-19)16(2)17(3)30-24/h5-8,10,12-15,29-30H,4,9,11H2,1-3H3,(H2,27,28,31,32). The maximum Gasteiger partial charge on any atom is 0.224 e. The van der Waals surface area contributed by atoms with E-state index >= 15 is 0 Å². The lowest BCUT2D eigenvalue weighted by atomic mass is 10.1. The number of nitrogens with one attached hydrogen (secondary N) is 4. The van der Waals surface area contributed by atoms with Crippen LogP contribution in [-0.2, 0) is 6.42 Å². The largest absolute Gasteiger partial charge is 0.494 e. The summed E-state index contributed by atoms with van der Waals surface area (Å²) in [7, 11) is 0. The Hall–Kier alpha value is -4.00. The first kappa shape index (κ1) is 20.9. The minimum absolute atomic E-state index is 0.601. The summed E-state index contributed by atoms with van der Waals surface area (Å²) in [4.78, 5) is 15.7. The minimum atomic E-state index is 0.601. The maximum absolute atomic E-state index is 5.65. The van der Waals surface area contributed by atoms with Gasteiger partial charge >= 0.3 is 0 Å². The number of benzene rings is 2. The van der Waals surface area contributed by atoms with Crippen molar-refractivity contribution >= 4 is 39.3 Å². The van der Waals surface area contributed by atoms with Gasteiger partial charge in [0.2, 0.25) is 5.95 Å². The van der Waals surface area contributed by atoms with Crippen molar-refractivity contribution in [1.29, 1.82) is 0 Å². The lowest BCUT2D eigenvalue weighted by molar-refractivity contribution is 0.340. The fourth-order valence-corrected chi connectivity index (χ4v) is 4.13. The number of anilines is 3. The van der Waals surface area contributed by atoms with Crippen molar-refractivity contribution in [3.8, 4) is 5.75 Å². The average Bonchev–Trinajstić information content (AvgIpc) is 3.34. The maximum atomic E-state index is 5.65. The zero-order valence-electron chi connectivity index (χ0n) is 19.1. The fraction of sp³-hybridized carbons (Fsp3) is 0.231. The first-order valence-corrected chi connectivity index (χ1v) is 11.3. The van der Waals surface area contributed by atoms with E-state index in [0.717, 1.165) is 41.3 Å². The van der Waals surface area contributed by atoms with Gasteiger partial charge in [-0.1, -0.05) is 0 Å². The van der Waals surface area contributed by atoms with Crippen LogP contribution in [0.5, 0.6) is 5.75 Å². The lowest BCUT2D eigenvalue weighted by Gasteiger charge is -2.09. The highest BCUT2D eigenvalue weighted by molar-refractivity contribution is 5.88. The highest BCUT2D eigenvalue weighted by Gasteiger charge is 2.08. The summed E-state index contributed by atoms with van der Waals surface area (Å²) in [6.07, 6.45) is 4.67. The molecule has 33 heavy (non-hydrogen) atoms.